The average Bonchev–Trinajstić information content (AvgIpc) is 2.84. The molecule has 0 fully saturated rings. The molecular weight excluding hydrogens is 236 g/mol. The highest BCUT2D eigenvalue weighted by Crippen LogP contribution is 2.20. The van der Waals surface area contributed by atoms with Gasteiger partial charge in [-0.25, -0.2) is 0 Å². The Morgan fingerprint density at radius 3 is 2.89 bits per heavy atom. The normalized spacial score (nSPS) is 10.8. The Balaban J connectivity index is 2.07. The summed E-state index contributed by atoms with van der Waals surface area (Å²) >= 11 is 0. The van der Waals surface area contributed by atoms with Gasteiger partial charge in [0, 0.05) is 28.9 Å². The molecule has 3 nitrogen and oxygen atoms in total. The molecule has 0 radical (unpaired) electrons. The fourth-order valence-electron chi connectivity index (χ4n) is 2.33. The van der Waals surface area contributed by atoms with E-state index in [1.165, 1.54) is 5.56 Å². The third kappa shape index (κ3) is 2.03. The first kappa shape index (κ1) is 11.7. The Labute approximate surface area is 111 Å². The van der Waals surface area contributed by atoms with Gasteiger partial charge in [0.1, 0.15) is 0 Å². The van der Waals surface area contributed by atoms with Gasteiger partial charge in [0.15, 0.2) is 6.29 Å². The van der Waals surface area contributed by atoms with Crippen LogP contribution in [0.1, 0.15) is 21.6 Å². The molecule has 3 aromatic rings. The molecule has 0 saturated heterocycles. The van der Waals surface area contributed by atoms with Crippen molar-refractivity contribution >= 4 is 17.2 Å². The van der Waals surface area contributed by atoms with Gasteiger partial charge in [0.25, 0.3) is 0 Å². The zero-order valence-corrected chi connectivity index (χ0v) is 10.7. The highest BCUT2D eigenvalue weighted by molar-refractivity contribution is 5.97. The minimum Gasteiger partial charge on any atom is -0.341 e. The smallest absolute Gasteiger partial charge is 0.150 e. The third-order valence-corrected chi connectivity index (χ3v) is 3.41. The second-order valence-electron chi connectivity index (χ2n) is 4.61. The number of carbonyl (C=O) groups excluding carboxylic acids is 1. The molecule has 0 saturated carbocycles. The van der Waals surface area contributed by atoms with Crippen LogP contribution in [0.25, 0.3) is 10.9 Å². The summed E-state index contributed by atoms with van der Waals surface area (Å²) in [5.74, 6) is 0. The van der Waals surface area contributed by atoms with E-state index >= 15 is 0 Å². The second kappa shape index (κ2) is 4.69. The van der Waals surface area contributed by atoms with Gasteiger partial charge in [-0.3, -0.25) is 9.78 Å². The van der Waals surface area contributed by atoms with Crippen LogP contribution in [0, 0.1) is 6.92 Å². The number of carbonyl (C=O) groups is 1. The molecule has 0 amide bonds. The van der Waals surface area contributed by atoms with Crippen LogP contribution in [0.2, 0.25) is 0 Å². The molecule has 1 aromatic carbocycles. The molecule has 94 valence electrons. The molecule has 3 rings (SSSR count). The van der Waals surface area contributed by atoms with Crippen LogP contribution >= 0.6 is 0 Å². The van der Waals surface area contributed by atoms with Crippen molar-refractivity contribution in [2.24, 2.45) is 0 Å². The first-order chi connectivity index (χ1) is 9.29. The van der Waals surface area contributed by atoms with E-state index in [0.29, 0.717) is 0 Å². The van der Waals surface area contributed by atoms with E-state index in [-0.39, 0.29) is 0 Å². The maximum Gasteiger partial charge on any atom is 0.150 e. The Hall–Kier alpha value is -2.42. The number of hydrogen-bond acceptors (Lipinski definition) is 2. The van der Waals surface area contributed by atoms with Gasteiger partial charge >= 0.3 is 0 Å². The lowest BCUT2D eigenvalue weighted by Crippen LogP contribution is -2.02. The zero-order valence-electron chi connectivity index (χ0n) is 10.7. The monoisotopic (exact) mass is 250 g/mol. The summed E-state index contributed by atoms with van der Waals surface area (Å²) in [5.41, 5.74) is 4.02. The lowest BCUT2D eigenvalue weighted by molar-refractivity contribution is 0.112. The van der Waals surface area contributed by atoms with Crippen LogP contribution in [0.15, 0.2) is 48.8 Å². The van der Waals surface area contributed by atoms with E-state index in [0.717, 1.165) is 35.0 Å². The molecule has 0 bridgehead atoms. The van der Waals surface area contributed by atoms with Gasteiger partial charge in [0.05, 0.1) is 12.2 Å². The van der Waals surface area contributed by atoms with Gasteiger partial charge < -0.3 is 4.57 Å². The summed E-state index contributed by atoms with van der Waals surface area (Å²) < 4.78 is 2.12. The van der Waals surface area contributed by atoms with E-state index in [9.17, 15) is 4.79 Å². The van der Waals surface area contributed by atoms with Crippen molar-refractivity contribution in [1.29, 1.82) is 0 Å². The number of benzene rings is 1. The van der Waals surface area contributed by atoms with Crippen LogP contribution in [-0.2, 0) is 6.54 Å². The first-order valence-electron chi connectivity index (χ1n) is 6.23. The van der Waals surface area contributed by atoms with Crippen LogP contribution in [0.5, 0.6) is 0 Å². The van der Waals surface area contributed by atoms with Crippen molar-refractivity contribution in [3.63, 3.8) is 0 Å². The molecule has 0 aliphatic rings. The van der Waals surface area contributed by atoms with Crippen molar-refractivity contribution in [2.75, 3.05) is 0 Å². The summed E-state index contributed by atoms with van der Waals surface area (Å²) in [5, 5.41) is 0.992. The largest absolute Gasteiger partial charge is 0.341 e. The van der Waals surface area contributed by atoms with Crippen molar-refractivity contribution in [1.82, 2.24) is 9.55 Å². The minimum absolute atomic E-state index is 0.721. The third-order valence-electron chi connectivity index (χ3n) is 3.41. The van der Waals surface area contributed by atoms with Gasteiger partial charge in [-0.2, -0.15) is 0 Å². The molecule has 0 atom stereocenters. The zero-order chi connectivity index (χ0) is 13.2. The summed E-state index contributed by atoms with van der Waals surface area (Å²) in [6.07, 6.45) is 4.72. The van der Waals surface area contributed by atoms with Crippen LogP contribution in [0.4, 0.5) is 0 Å². The topological polar surface area (TPSA) is 34.9 Å². The van der Waals surface area contributed by atoms with Gasteiger partial charge in [-0.05, 0) is 30.7 Å². The quantitative estimate of drug-likeness (QED) is 0.669. The van der Waals surface area contributed by atoms with Gasteiger partial charge in [-0.1, -0.05) is 18.2 Å². The Morgan fingerprint density at radius 1 is 1.21 bits per heavy atom. The maximum atomic E-state index is 11.0. The molecule has 0 aliphatic heterocycles. The molecule has 2 heterocycles. The van der Waals surface area contributed by atoms with Crippen LogP contribution < -0.4 is 0 Å². The summed E-state index contributed by atoms with van der Waals surface area (Å²) in [7, 11) is 0. The number of aldehydes is 1. The molecule has 0 aliphatic carbocycles. The molecule has 2 aromatic heterocycles. The highest BCUT2D eigenvalue weighted by atomic mass is 16.1. The van der Waals surface area contributed by atoms with Crippen molar-refractivity contribution in [2.45, 2.75) is 13.5 Å². The van der Waals surface area contributed by atoms with E-state index in [1.807, 2.05) is 42.7 Å². The van der Waals surface area contributed by atoms with Gasteiger partial charge in [0.2, 0.25) is 0 Å². The van der Waals surface area contributed by atoms with E-state index in [1.54, 1.807) is 0 Å². The molecule has 19 heavy (non-hydrogen) atoms. The van der Waals surface area contributed by atoms with E-state index in [2.05, 4.69) is 22.5 Å². The first-order valence-corrected chi connectivity index (χ1v) is 6.23. The predicted molar refractivity (Wildman–Crippen MR) is 75.4 cm³/mol. The number of nitrogens with zero attached hydrogens (tertiary/aromatic N) is 2. The summed E-state index contributed by atoms with van der Waals surface area (Å²) in [6.45, 7) is 2.78. The Morgan fingerprint density at radius 2 is 2.11 bits per heavy atom. The fraction of sp³-hybridized carbons (Fsp3) is 0.125. The molecule has 0 spiro atoms. The number of fused-ring (bicyclic) bond motifs is 1. The minimum atomic E-state index is 0.721. The molecular formula is C16H14N2O. The van der Waals surface area contributed by atoms with Crippen LogP contribution in [-0.4, -0.2) is 15.8 Å². The number of aromatic nitrogens is 2. The standard InChI is InChI=1S/C16H14N2O/c1-12-4-3-8-17-15(12)10-18-9-7-14-13(11-19)5-2-6-16(14)18/h2-9,11H,10H2,1H3. The fourth-order valence-corrected chi connectivity index (χ4v) is 2.33. The van der Waals surface area contributed by atoms with Crippen molar-refractivity contribution in [3.8, 4) is 0 Å². The SMILES string of the molecule is Cc1cccnc1Cn1ccc2c(C=O)cccc21. The molecule has 0 unspecified atom stereocenters. The second-order valence-corrected chi connectivity index (χ2v) is 4.61. The van der Waals surface area contributed by atoms with E-state index in [4.69, 9.17) is 0 Å². The number of aryl methyl sites for hydroxylation is 1. The highest BCUT2D eigenvalue weighted by Gasteiger charge is 2.06. The molecule has 3 heteroatoms. The predicted octanol–water partition coefficient (Wildman–Crippen LogP) is 3.21. The average molecular weight is 250 g/mol. The Kier molecular flexibility index (Phi) is 2.88. The van der Waals surface area contributed by atoms with E-state index < -0.39 is 0 Å². The van der Waals surface area contributed by atoms with Crippen LogP contribution in [0.3, 0.4) is 0 Å². The molecule has 0 N–H and O–H groups in total. The lowest BCUT2D eigenvalue weighted by Gasteiger charge is -2.07. The van der Waals surface area contributed by atoms with Gasteiger partial charge in [-0.15, -0.1) is 0 Å². The van der Waals surface area contributed by atoms with Crippen molar-refractivity contribution < 1.29 is 4.79 Å². The number of hydrogen-bond donors (Lipinski definition) is 0. The Bertz CT molecular complexity index is 743. The maximum absolute atomic E-state index is 11.0. The number of pyridine rings is 1. The summed E-state index contributed by atoms with van der Waals surface area (Å²) in [4.78, 5) is 15.4. The number of rotatable bonds is 3. The van der Waals surface area contributed by atoms with Crippen molar-refractivity contribution in [3.05, 3.63) is 65.6 Å². The summed E-state index contributed by atoms with van der Waals surface area (Å²) in [6, 6.07) is 11.8. The lowest BCUT2D eigenvalue weighted by atomic mass is 10.1.